The predicted octanol–water partition coefficient (Wildman–Crippen LogP) is 2.56. The molecule has 1 aromatic rings. The van der Waals surface area contributed by atoms with E-state index in [4.69, 9.17) is 27.9 Å². The molecule has 0 aromatic heterocycles. The van der Waals surface area contributed by atoms with Crippen LogP contribution in [0.25, 0.3) is 0 Å². The number of anilines is 1. The van der Waals surface area contributed by atoms with E-state index >= 15 is 0 Å². The molecule has 18 heavy (non-hydrogen) atoms. The molecule has 100 valence electrons. The molecule has 0 saturated heterocycles. The number of hydrogen-bond donors (Lipinski definition) is 2. The van der Waals surface area contributed by atoms with Gasteiger partial charge in [-0.15, -0.1) is 0 Å². The summed E-state index contributed by atoms with van der Waals surface area (Å²) in [6, 6.07) is 5.08. The Labute approximate surface area is 117 Å². The Morgan fingerprint density at radius 3 is 2.83 bits per heavy atom. The second-order valence-corrected chi connectivity index (χ2v) is 4.52. The van der Waals surface area contributed by atoms with E-state index < -0.39 is 0 Å². The van der Waals surface area contributed by atoms with Crippen molar-refractivity contribution < 1.29 is 9.53 Å². The highest BCUT2D eigenvalue weighted by Crippen LogP contribution is 2.24. The first kappa shape index (κ1) is 15.1. The zero-order valence-corrected chi connectivity index (χ0v) is 11.6. The summed E-state index contributed by atoms with van der Waals surface area (Å²) in [7, 11) is 1.63. The highest BCUT2D eigenvalue weighted by Gasteiger charge is 2.04. The van der Waals surface area contributed by atoms with Crippen molar-refractivity contribution in [3.8, 4) is 0 Å². The Hall–Kier alpha value is -0.970. The minimum Gasteiger partial charge on any atom is -0.385 e. The Balaban J connectivity index is 2.29. The highest BCUT2D eigenvalue weighted by atomic mass is 35.5. The summed E-state index contributed by atoms with van der Waals surface area (Å²) in [4.78, 5) is 11.5. The summed E-state index contributed by atoms with van der Waals surface area (Å²) in [6.45, 7) is 1.41. The normalized spacial score (nSPS) is 10.2. The minimum atomic E-state index is -0.0860. The topological polar surface area (TPSA) is 50.4 Å². The van der Waals surface area contributed by atoms with E-state index in [-0.39, 0.29) is 12.5 Å². The fourth-order valence-electron chi connectivity index (χ4n) is 1.32. The molecule has 0 aliphatic rings. The summed E-state index contributed by atoms with van der Waals surface area (Å²) in [6.07, 6.45) is 0.796. The smallest absolute Gasteiger partial charge is 0.239 e. The largest absolute Gasteiger partial charge is 0.385 e. The molecule has 6 heteroatoms. The zero-order valence-electron chi connectivity index (χ0n) is 10.1. The Kier molecular flexibility index (Phi) is 6.86. The first-order valence-electron chi connectivity index (χ1n) is 5.58. The number of amides is 1. The van der Waals surface area contributed by atoms with E-state index in [0.29, 0.717) is 28.9 Å². The Bertz CT molecular complexity index is 400. The molecule has 1 rings (SSSR count). The van der Waals surface area contributed by atoms with Crippen LogP contribution in [0.4, 0.5) is 5.69 Å². The standard InChI is InChI=1S/C12H16Cl2N2O2/c1-18-6-2-5-15-12(17)8-16-11-4-3-9(13)7-10(11)14/h3-4,7,16H,2,5-6,8H2,1H3,(H,15,17). The minimum absolute atomic E-state index is 0.0860. The van der Waals surface area contributed by atoms with Crippen molar-refractivity contribution >= 4 is 34.8 Å². The molecule has 0 atom stereocenters. The number of ether oxygens (including phenoxy) is 1. The molecule has 0 unspecified atom stereocenters. The quantitative estimate of drug-likeness (QED) is 0.759. The molecule has 0 aliphatic carbocycles. The number of hydrogen-bond acceptors (Lipinski definition) is 3. The summed E-state index contributed by atoms with van der Waals surface area (Å²) in [5, 5.41) is 6.77. The van der Waals surface area contributed by atoms with Crippen LogP contribution in [-0.4, -0.2) is 32.7 Å². The van der Waals surface area contributed by atoms with E-state index in [1.54, 1.807) is 25.3 Å². The first-order valence-corrected chi connectivity index (χ1v) is 6.33. The SMILES string of the molecule is COCCCNC(=O)CNc1ccc(Cl)cc1Cl. The van der Waals surface area contributed by atoms with Gasteiger partial charge in [0.1, 0.15) is 0 Å². The summed E-state index contributed by atoms with van der Waals surface area (Å²) >= 11 is 11.7. The molecule has 0 bridgehead atoms. The van der Waals surface area contributed by atoms with Crippen LogP contribution in [0.5, 0.6) is 0 Å². The molecule has 0 radical (unpaired) electrons. The van der Waals surface area contributed by atoms with E-state index in [9.17, 15) is 4.79 Å². The molecule has 2 N–H and O–H groups in total. The summed E-state index contributed by atoms with van der Waals surface area (Å²) in [5.41, 5.74) is 0.688. The van der Waals surface area contributed by atoms with Crippen molar-refractivity contribution in [3.05, 3.63) is 28.2 Å². The summed E-state index contributed by atoms with van der Waals surface area (Å²) in [5.74, 6) is -0.0860. The van der Waals surface area contributed by atoms with E-state index in [1.165, 1.54) is 0 Å². The van der Waals surface area contributed by atoms with Crippen molar-refractivity contribution in [2.24, 2.45) is 0 Å². The van der Waals surface area contributed by atoms with Crippen LogP contribution in [0.1, 0.15) is 6.42 Å². The lowest BCUT2D eigenvalue weighted by molar-refractivity contribution is -0.119. The zero-order chi connectivity index (χ0) is 13.4. The lowest BCUT2D eigenvalue weighted by atomic mass is 10.3. The number of nitrogens with one attached hydrogen (secondary N) is 2. The van der Waals surface area contributed by atoms with Gasteiger partial charge in [0.25, 0.3) is 0 Å². The number of benzene rings is 1. The van der Waals surface area contributed by atoms with Crippen molar-refractivity contribution in [3.63, 3.8) is 0 Å². The highest BCUT2D eigenvalue weighted by molar-refractivity contribution is 6.36. The molecular weight excluding hydrogens is 275 g/mol. The molecule has 0 spiro atoms. The molecule has 4 nitrogen and oxygen atoms in total. The Morgan fingerprint density at radius 1 is 1.39 bits per heavy atom. The molecule has 0 fully saturated rings. The average Bonchev–Trinajstić information content (AvgIpc) is 2.33. The van der Waals surface area contributed by atoms with Gasteiger partial charge in [-0.1, -0.05) is 23.2 Å². The van der Waals surface area contributed by atoms with Gasteiger partial charge in [-0.25, -0.2) is 0 Å². The molecule has 1 amide bonds. The third-order valence-electron chi connectivity index (χ3n) is 2.22. The van der Waals surface area contributed by atoms with Gasteiger partial charge in [-0.3, -0.25) is 4.79 Å². The molecule has 0 aliphatic heterocycles. The van der Waals surface area contributed by atoms with Gasteiger partial charge >= 0.3 is 0 Å². The number of halogens is 2. The van der Waals surface area contributed by atoms with Crippen molar-refractivity contribution in [2.45, 2.75) is 6.42 Å². The van der Waals surface area contributed by atoms with E-state index in [1.807, 2.05) is 0 Å². The first-order chi connectivity index (χ1) is 8.63. The van der Waals surface area contributed by atoms with Crippen molar-refractivity contribution in [2.75, 3.05) is 32.1 Å². The number of methoxy groups -OCH3 is 1. The molecule has 0 heterocycles. The van der Waals surface area contributed by atoms with Gasteiger partial charge in [0, 0.05) is 25.3 Å². The van der Waals surface area contributed by atoms with Crippen LogP contribution in [-0.2, 0) is 9.53 Å². The maximum Gasteiger partial charge on any atom is 0.239 e. The fraction of sp³-hybridized carbons (Fsp3) is 0.417. The van der Waals surface area contributed by atoms with E-state index in [2.05, 4.69) is 10.6 Å². The van der Waals surface area contributed by atoms with Gasteiger partial charge in [-0.05, 0) is 24.6 Å². The second-order valence-electron chi connectivity index (χ2n) is 3.67. The lowest BCUT2D eigenvalue weighted by Crippen LogP contribution is -2.31. The van der Waals surface area contributed by atoms with Gasteiger partial charge in [0.2, 0.25) is 5.91 Å². The van der Waals surface area contributed by atoms with Crippen molar-refractivity contribution in [1.82, 2.24) is 5.32 Å². The van der Waals surface area contributed by atoms with Crippen molar-refractivity contribution in [1.29, 1.82) is 0 Å². The van der Waals surface area contributed by atoms with Crippen LogP contribution >= 0.6 is 23.2 Å². The number of carbonyl (C=O) groups excluding carboxylic acids is 1. The monoisotopic (exact) mass is 290 g/mol. The van der Waals surface area contributed by atoms with Gasteiger partial charge in [0.15, 0.2) is 0 Å². The number of rotatable bonds is 7. The van der Waals surface area contributed by atoms with Crippen LogP contribution in [0.15, 0.2) is 18.2 Å². The van der Waals surface area contributed by atoms with Gasteiger partial charge in [0.05, 0.1) is 17.3 Å². The van der Waals surface area contributed by atoms with Crippen LogP contribution in [0.2, 0.25) is 10.0 Å². The second kappa shape index (κ2) is 8.19. The maximum absolute atomic E-state index is 11.5. The van der Waals surface area contributed by atoms with Gasteiger partial charge in [-0.2, -0.15) is 0 Å². The molecular formula is C12H16Cl2N2O2. The lowest BCUT2D eigenvalue weighted by Gasteiger charge is -2.09. The average molecular weight is 291 g/mol. The van der Waals surface area contributed by atoms with Crippen LogP contribution in [0.3, 0.4) is 0 Å². The molecule has 1 aromatic carbocycles. The van der Waals surface area contributed by atoms with Crippen LogP contribution in [0, 0.1) is 0 Å². The van der Waals surface area contributed by atoms with Crippen LogP contribution < -0.4 is 10.6 Å². The third kappa shape index (κ3) is 5.58. The maximum atomic E-state index is 11.5. The third-order valence-corrected chi connectivity index (χ3v) is 2.77. The molecule has 0 saturated carbocycles. The predicted molar refractivity (Wildman–Crippen MR) is 74.5 cm³/mol. The summed E-state index contributed by atoms with van der Waals surface area (Å²) < 4.78 is 4.88. The Morgan fingerprint density at radius 2 is 2.17 bits per heavy atom. The van der Waals surface area contributed by atoms with Gasteiger partial charge < -0.3 is 15.4 Å². The van der Waals surface area contributed by atoms with E-state index in [0.717, 1.165) is 6.42 Å². The number of carbonyl (C=O) groups is 1. The fourth-order valence-corrected chi connectivity index (χ4v) is 1.79.